The molecule has 0 saturated heterocycles. The molecule has 7 nitrogen and oxygen atoms in total. The molecule has 0 aliphatic rings. The quantitative estimate of drug-likeness (QED) is 0.301. The lowest BCUT2D eigenvalue weighted by Gasteiger charge is -2.06. The molecule has 0 bridgehead atoms. The van der Waals surface area contributed by atoms with Gasteiger partial charge in [0.05, 0.1) is 29.9 Å². The number of rotatable bonds is 9. The molecule has 0 saturated carbocycles. The Morgan fingerprint density at radius 3 is 2.41 bits per heavy atom. The van der Waals surface area contributed by atoms with Crippen LogP contribution in [0.3, 0.4) is 0 Å². The average molecular weight is 309 g/mol. The lowest BCUT2D eigenvalue weighted by molar-refractivity contribution is -0.385. The number of nitro benzene ring substituents is 1. The van der Waals surface area contributed by atoms with Crippen LogP contribution in [0.2, 0.25) is 0 Å². The zero-order valence-corrected chi connectivity index (χ0v) is 12.4. The van der Waals surface area contributed by atoms with Crippen LogP contribution in [0.1, 0.15) is 38.2 Å². The number of nitro groups is 1. The van der Waals surface area contributed by atoms with Crippen molar-refractivity contribution < 1.29 is 24.0 Å². The minimum absolute atomic E-state index is 0.0561. The fourth-order valence-electron chi connectivity index (χ4n) is 1.65. The van der Waals surface area contributed by atoms with Crippen molar-refractivity contribution >= 4 is 17.6 Å². The smallest absolute Gasteiger partial charge is 0.306 e. The summed E-state index contributed by atoms with van der Waals surface area (Å²) in [6.07, 6.45) is 1.55. The number of unbranched alkanes of at least 4 members (excludes halogenated alkanes) is 1. The van der Waals surface area contributed by atoms with Gasteiger partial charge in [-0.15, -0.1) is 0 Å². The summed E-state index contributed by atoms with van der Waals surface area (Å²) in [5.41, 5.74) is 0.209. The van der Waals surface area contributed by atoms with Gasteiger partial charge in [-0.25, -0.2) is 0 Å². The summed E-state index contributed by atoms with van der Waals surface area (Å²) in [5, 5.41) is 10.8. The first-order chi connectivity index (χ1) is 10.5. The van der Waals surface area contributed by atoms with Crippen molar-refractivity contribution in [2.45, 2.75) is 39.2 Å². The highest BCUT2D eigenvalue weighted by molar-refractivity contribution is 5.77. The Balaban J connectivity index is 2.35. The van der Waals surface area contributed by atoms with E-state index in [1.165, 1.54) is 18.2 Å². The first-order valence-electron chi connectivity index (χ1n) is 7.08. The molecular weight excluding hydrogens is 290 g/mol. The number of hydrogen-bond acceptors (Lipinski definition) is 6. The Bertz CT molecular complexity index is 529. The van der Waals surface area contributed by atoms with Gasteiger partial charge in [0.2, 0.25) is 0 Å². The van der Waals surface area contributed by atoms with E-state index in [2.05, 4.69) is 0 Å². The van der Waals surface area contributed by atoms with Crippen LogP contribution in [0.15, 0.2) is 24.3 Å². The van der Waals surface area contributed by atoms with Crippen molar-refractivity contribution in [2.24, 2.45) is 0 Å². The zero-order valence-electron chi connectivity index (χ0n) is 12.4. The molecule has 0 aliphatic carbocycles. The Morgan fingerprint density at radius 1 is 1.14 bits per heavy atom. The highest BCUT2D eigenvalue weighted by atomic mass is 16.6. The summed E-state index contributed by atoms with van der Waals surface area (Å²) >= 11 is 0. The summed E-state index contributed by atoms with van der Waals surface area (Å²) in [5.74, 6) is -1.04. The summed E-state index contributed by atoms with van der Waals surface area (Å²) in [7, 11) is 0. The highest BCUT2D eigenvalue weighted by Crippen LogP contribution is 2.18. The molecule has 0 heterocycles. The van der Waals surface area contributed by atoms with E-state index < -0.39 is 16.9 Å². The summed E-state index contributed by atoms with van der Waals surface area (Å²) < 4.78 is 9.85. The molecule has 1 aromatic rings. The third-order valence-electron chi connectivity index (χ3n) is 2.87. The van der Waals surface area contributed by atoms with Gasteiger partial charge in [0.1, 0.15) is 6.61 Å². The Kier molecular flexibility index (Phi) is 7.60. The largest absolute Gasteiger partial charge is 0.466 e. The van der Waals surface area contributed by atoms with Gasteiger partial charge in [-0.2, -0.15) is 0 Å². The third-order valence-corrected chi connectivity index (χ3v) is 2.87. The van der Waals surface area contributed by atoms with Crippen molar-refractivity contribution in [3.63, 3.8) is 0 Å². The van der Waals surface area contributed by atoms with Gasteiger partial charge in [-0.3, -0.25) is 19.7 Å². The van der Waals surface area contributed by atoms with Crippen molar-refractivity contribution in [1.29, 1.82) is 0 Å². The molecule has 0 N–H and O–H groups in total. The molecule has 0 radical (unpaired) electrons. The number of carbonyl (C=O) groups excluding carboxylic acids is 2. The van der Waals surface area contributed by atoms with Crippen LogP contribution in [-0.2, 0) is 25.7 Å². The molecule has 1 aromatic carbocycles. The number of esters is 2. The van der Waals surface area contributed by atoms with Crippen molar-refractivity contribution in [2.75, 3.05) is 6.61 Å². The van der Waals surface area contributed by atoms with Gasteiger partial charge < -0.3 is 9.47 Å². The van der Waals surface area contributed by atoms with E-state index in [1.54, 1.807) is 6.07 Å². The summed E-state index contributed by atoms with van der Waals surface area (Å²) in [4.78, 5) is 33.1. The van der Waals surface area contributed by atoms with Crippen LogP contribution in [0.4, 0.5) is 5.69 Å². The molecule has 120 valence electrons. The van der Waals surface area contributed by atoms with Crippen LogP contribution < -0.4 is 0 Å². The third kappa shape index (κ3) is 6.34. The topological polar surface area (TPSA) is 95.7 Å². The second kappa shape index (κ2) is 9.49. The normalized spacial score (nSPS) is 10.0. The predicted molar refractivity (Wildman–Crippen MR) is 78.0 cm³/mol. The standard InChI is InChI=1S/C15H19NO6/c1-2-3-10-21-14(17)8-9-15(18)22-11-12-6-4-5-7-13(12)16(19)20/h4-7H,2-3,8-11H2,1H3. The van der Waals surface area contributed by atoms with Crippen LogP contribution >= 0.6 is 0 Å². The first-order valence-corrected chi connectivity index (χ1v) is 7.08. The number of hydrogen-bond donors (Lipinski definition) is 0. The molecule has 0 aromatic heterocycles. The molecule has 0 aliphatic heterocycles. The van der Waals surface area contributed by atoms with Crippen LogP contribution in [0.25, 0.3) is 0 Å². The lowest BCUT2D eigenvalue weighted by atomic mass is 10.2. The lowest BCUT2D eigenvalue weighted by Crippen LogP contribution is -2.11. The van der Waals surface area contributed by atoms with Gasteiger partial charge in [-0.05, 0) is 12.5 Å². The molecule has 22 heavy (non-hydrogen) atoms. The molecule has 1 rings (SSSR count). The second-order valence-electron chi connectivity index (χ2n) is 4.62. The van der Waals surface area contributed by atoms with Gasteiger partial charge in [-0.1, -0.05) is 25.5 Å². The number of nitrogens with zero attached hydrogens (tertiary/aromatic N) is 1. The van der Waals surface area contributed by atoms with E-state index in [0.29, 0.717) is 12.2 Å². The van der Waals surface area contributed by atoms with Gasteiger partial charge in [0, 0.05) is 6.07 Å². The minimum Gasteiger partial charge on any atom is -0.466 e. The zero-order chi connectivity index (χ0) is 16.4. The van der Waals surface area contributed by atoms with Gasteiger partial charge in [0.25, 0.3) is 5.69 Å². The fraction of sp³-hybridized carbons (Fsp3) is 0.467. The van der Waals surface area contributed by atoms with E-state index in [-0.39, 0.29) is 25.1 Å². The predicted octanol–water partition coefficient (Wildman–Crippen LogP) is 2.76. The Morgan fingerprint density at radius 2 is 1.77 bits per heavy atom. The number of para-hydroxylation sites is 1. The monoisotopic (exact) mass is 309 g/mol. The maximum atomic E-state index is 11.5. The van der Waals surface area contributed by atoms with Crippen molar-refractivity contribution in [3.05, 3.63) is 39.9 Å². The van der Waals surface area contributed by atoms with E-state index in [4.69, 9.17) is 9.47 Å². The molecule has 0 spiro atoms. The average Bonchev–Trinajstić information content (AvgIpc) is 2.51. The number of ether oxygens (including phenoxy) is 2. The SMILES string of the molecule is CCCCOC(=O)CCC(=O)OCc1ccccc1[N+](=O)[O-]. The molecular formula is C15H19NO6. The van der Waals surface area contributed by atoms with Crippen molar-refractivity contribution in [3.8, 4) is 0 Å². The summed E-state index contributed by atoms with van der Waals surface area (Å²) in [6.45, 7) is 2.13. The summed E-state index contributed by atoms with van der Waals surface area (Å²) in [6, 6.07) is 6.02. The second-order valence-corrected chi connectivity index (χ2v) is 4.62. The molecule has 0 atom stereocenters. The van der Waals surface area contributed by atoms with Crippen LogP contribution in [0.5, 0.6) is 0 Å². The highest BCUT2D eigenvalue weighted by Gasteiger charge is 2.15. The van der Waals surface area contributed by atoms with Crippen LogP contribution in [-0.4, -0.2) is 23.5 Å². The van der Waals surface area contributed by atoms with E-state index in [9.17, 15) is 19.7 Å². The van der Waals surface area contributed by atoms with Gasteiger partial charge in [0.15, 0.2) is 0 Å². The van der Waals surface area contributed by atoms with Gasteiger partial charge >= 0.3 is 11.9 Å². The molecule has 0 fully saturated rings. The molecule has 0 unspecified atom stereocenters. The van der Waals surface area contributed by atoms with E-state index >= 15 is 0 Å². The fourth-order valence-corrected chi connectivity index (χ4v) is 1.65. The first kappa shape index (κ1) is 17.6. The van der Waals surface area contributed by atoms with E-state index in [0.717, 1.165) is 12.8 Å². The van der Waals surface area contributed by atoms with Crippen molar-refractivity contribution in [1.82, 2.24) is 0 Å². The maximum Gasteiger partial charge on any atom is 0.306 e. The Hall–Kier alpha value is -2.44. The Labute approximate surface area is 128 Å². The molecule has 0 amide bonds. The van der Waals surface area contributed by atoms with Crippen LogP contribution in [0, 0.1) is 10.1 Å². The molecule has 7 heteroatoms. The number of benzene rings is 1. The minimum atomic E-state index is -0.592. The van der Waals surface area contributed by atoms with E-state index in [1.807, 2.05) is 6.92 Å². The maximum absolute atomic E-state index is 11.5. The number of carbonyl (C=O) groups is 2.